The lowest BCUT2D eigenvalue weighted by atomic mass is 9.86. The molecule has 1 N–H and O–H groups in total. The van der Waals surface area contributed by atoms with Crippen LogP contribution in [0.1, 0.15) is 32.1 Å². The first-order valence-electron chi connectivity index (χ1n) is 7.50. The summed E-state index contributed by atoms with van der Waals surface area (Å²) in [4.78, 5) is 2.47. The molecule has 110 valence electrons. The third kappa shape index (κ3) is 2.96. The summed E-state index contributed by atoms with van der Waals surface area (Å²) >= 11 is 0. The average Bonchev–Trinajstić information content (AvgIpc) is 2.39. The highest BCUT2D eigenvalue weighted by Crippen LogP contribution is 2.31. The monoisotopic (exact) mass is 279 g/mol. The van der Waals surface area contributed by atoms with E-state index in [-0.39, 0.29) is 18.2 Å². The first-order chi connectivity index (χ1) is 9.66. The van der Waals surface area contributed by atoms with Gasteiger partial charge in [-0.1, -0.05) is 18.6 Å². The van der Waals surface area contributed by atoms with Crippen LogP contribution < -0.4 is 4.74 Å². The lowest BCUT2D eigenvalue weighted by molar-refractivity contribution is -0.0659. The highest BCUT2D eigenvalue weighted by Gasteiger charge is 2.36. The van der Waals surface area contributed by atoms with Gasteiger partial charge in [-0.05, 0) is 37.8 Å². The largest absolute Gasteiger partial charge is 0.488 e. The van der Waals surface area contributed by atoms with Gasteiger partial charge in [-0.2, -0.15) is 0 Å². The summed E-state index contributed by atoms with van der Waals surface area (Å²) in [6.45, 7) is 2.01. The molecule has 4 heteroatoms. The van der Waals surface area contributed by atoms with Gasteiger partial charge in [0.25, 0.3) is 0 Å². The number of aliphatic hydroxyl groups is 1. The van der Waals surface area contributed by atoms with Crippen molar-refractivity contribution in [1.29, 1.82) is 0 Å². The van der Waals surface area contributed by atoms with Gasteiger partial charge in [0.2, 0.25) is 0 Å². The highest BCUT2D eigenvalue weighted by atomic mass is 19.1. The van der Waals surface area contributed by atoms with Gasteiger partial charge in [-0.3, -0.25) is 0 Å². The molecule has 2 fully saturated rings. The summed E-state index contributed by atoms with van der Waals surface area (Å²) in [5.74, 6) is -0.148. The lowest BCUT2D eigenvalue weighted by Gasteiger charge is -2.44. The molecule has 0 radical (unpaired) electrons. The van der Waals surface area contributed by atoms with E-state index < -0.39 is 5.60 Å². The standard InChI is InChI=1S/C16H22FNO2/c17-14-6-1-2-7-15(14)20-12-16(19)8-10-18(11-9-16)13-4-3-5-13/h1-2,6-7,13,19H,3-5,8-12H2. The Hall–Kier alpha value is -1.13. The summed E-state index contributed by atoms with van der Waals surface area (Å²) < 4.78 is 18.9. The summed E-state index contributed by atoms with van der Waals surface area (Å²) in [6, 6.07) is 7.07. The molecule has 20 heavy (non-hydrogen) atoms. The maximum Gasteiger partial charge on any atom is 0.165 e. The van der Waals surface area contributed by atoms with E-state index in [1.807, 2.05) is 0 Å². The number of likely N-dealkylation sites (tertiary alicyclic amines) is 1. The molecule has 1 saturated heterocycles. The summed E-state index contributed by atoms with van der Waals surface area (Å²) in [7, 11) is 0. The molecule has 2 aliphatic rings. The molecule has 1 aliphatic carbocycles. The topological polar surface area (TPSA) is 32.7 Å². The van der Waals surface area contributed by atoms with Crippen molar-refractivity contribution in [2.45, 2.75) is 43.7 Å². The minimum Gasteiger partial charge on any atom is -0.488 e. The minimum absolute atomic E-state index is 0.173. The predicted octanol–water partition coefficient (Wildman–Crippen LogP) is 2.58. The van der Waals surface area contributed by atoms with E-state index in [0.717, 1.165) is 19.1 Å². The highest BCUT2D eigenvalue weighted by molar-refractivity contribution is 5.23. The molecule has 1 aromatic carbocycles. The number of halogens is 1. The molecular formula is C16H22FNO2. The molecule has 0 atom stereocenters. The number of rotatable bonds is 4. The number of hydrogen-bond acceptors (Lipinski definition) is 3. The molecule has 1 aliphatic heterocycles. The fraction of sp³-hybridized carbons (Fsp3) is 0.625. The van der Waals surface area contributed by atoms with Gasteiger partial charge in [0, 0.05) is 19.1 Å². The first-order valence-corrected chi connectivity index (χ1v) is 7.50. The summed E-state index contributed by atoms with van der Waals surface area (Å²) in [5, 5.41) is 10.5. The number of hydrogen-bond donors (Lipinski definition) is 1. The van der Waals surface area contributed by atoms with Crippen molar-refractivity contribution in [2.75, 3.05) is 19.7 Å². The van der Waals surface area contributed by atoms with Crippen LogP contribution in [0.3, 0.4) is 0 Å². The molecular weight excluding hydrogens is 257 g/mol. The molecule has 1 aromatic rings. The van der Waals surface area contributed by atoms with Crippen molar-refractivity contribution in [3.05, 3.63) is 30.1 Å². The molecule has 1 heterocycles. The molecule has 0 bridgehead atoms. The Morgan fingerprint density at radius 3 is 2.55 bits per heavy atom. The Morgan fingerprint density at radius 1 is 1.25 bits per heavy atom. The number of piperidine rings is 1. The van der Waals surface area contributed by atoms with Crippen LogP contribution in [0.15, 0.2) is 24.3 Å². The van der Waals surface area contributed by atoms with Crippen LogP contribution in [0.2, 0.25) is 0 Å². The Morgan fingerprint density at radius 2 is 1.95 bits per heavy atom. The normalized spacial score (nSPS) is 23.3. The third-order valence-electron chi connectivity index (χ3n) is 4.65. The molecule has 0 unspecified atom stereocenters. The van der Waals surface area contributed by atoms with Crippen LogP contribution in [0, 0.1) is 5.82 Å². The van der Waals surface area contributed by atoms with Gasteiger partial charge in [-0.15, -0.1) is 0 Å². The van der Waals surface area contributed by atoms with Crippen LogP contribution in [-0.4, -0.2) is 41.3 Å². The Kier molecular flexibility index (Phi) is 3.94. The molecule has 1 saturated carbocycles. The smallest absolute Gasteiger partial charge is 0.165 e. The zero-order valence-electron chi connectivity index (χ0n) is 11.7. The SMILES string of the molecule is OC1(COc2ccccc2F)CCN(C2CCC2)CC1. The second kappa shape index (κ2) is 5.70. The maximum atomic E-state index is 13.5. The minimum atomic E-state index is -0.817. The Balaban J connectivity index is 1.51. The van der Waals surface area contributed by atoms with Gasteiger partial charge in [0.1, 0.15) is 12.2 Å². The van der Waals surface area contributed by atoms with Crippen molar-refractivity contribution in [3.63, 3.8) is 0 Å². The third-order valence-corrected chi connectivity index (χ3v) is 4.65. The van der Waals surface area contributed by atoms with Crippen LogP contribution in [0.5, 0.6) is 5.75 Å². The average molecular weight is 279 g/mol. The van der Waals surface area contributed by atoms with Crippen LogP contribution in [0.25, 0.3) is 0 Å². The van der Waals surface area contributed by atoms with Gasteiger partial charge in [-0.25, -0.2) is 4.39 Å². The Labute approximate surface area is 119 Å². The second-order valence-corrected chi connectivity index (χ2v) is 6.06. The zero-order valence-corrected chi connectivity index (χ0v) is 11.7. The van der Waals surface area contributed by atoms with E-state index in [4.69, 9.17) is 4.74 Å². The summed E-state index contributed by atoms with van der Waals surface area (Å²) in [6.07, 6.45) is 5.34. The van der Waals surface area contributed by atoms with Crippen LogP contribution >= 0.6 is 0 Å². The van der Waals surface area contributed by atoms with E-state index in [1.54, 1.807) is 18.2 Å². The van der Waals surface area contributed by atoms with E-state index >= 15 is 0 Å². The number of benzene rings is 1. The van der Waals surface area contributed by atoms with Gasteiger partial charge in [0.05, 0.1) is 0 Å². The molecule has 0 spiro atoms. The second-order valence-electron chi connectivity index (χ2n) is 6.06. The van der Waals surface area contributed by atoms with Crippen molar-refractivity contribution in [3.8, 4) is 5.75 Å². The van der Waals surface area contributed by atoms with Crippen molar-refractivity contribution in [1.82, 2.24) is 4.90 Å². The van der Waals surface area contributed by atoms with Crippen molar-refractivity contribution >= 4 is 0 Å². The van der Waals surface area contributed by atoms with E-state index in [9.17, 15) is 9.50 Å². The van der Waals surface area contributed by atoms with E-state index in [0.29, 0.717) is 12.8 Å². The van der Waals surface area contributed by atoms with Crippen LogP contribution in [-0.2, 0) is 0 Å². The van der Waals surface area contributed by atoms with E-state index in [2.05, 4.69) is 4.90 Å². The fourth-order valence-electron chi connectivity index (χ4n) is 2.98. The van der Waals surface area contributed by atoms with E-state index in [1.165, 1.54) is 25.3 Å². The number of ether oxygens (including phenoxy) is 1. The lowest BCUT2D eigenvalue weighted by Crippen LogP contribution is -2.52. The van der Waals surface area contributed by atoms with Gasteiger partial charge >= 0.3 is 0 Å². The quantitative estimate of drug-likeness (QED) is 0.919. The number of para-hydroxylation sites is 1. The Bertz CT molecular complexity index is 454. The molecule has 3 nitrogen and oxygen atoms in total. The van der Waals surface area contributed by atoms with Crippen molar-refractivity contribution < 1.29 is 14.2 Å². The number of nitrogens with zero attached hydrogens (tertiary/aromatic N) is 1. The fourth-order valence-corrected chi connectivity index (χ4v) is 2.98. The van der Waals surface area contributed by atoms with Crippen molar-refractivity contribution in [2.24, 2.45) is 0 Å². The van der Waals surface area contributed by atoms with Crippen LogP contribution in [0.4, 0.5) is 4.39 Å². The van der Waals surface area contributed by atoms with Gasteiger partial charge < -0.3 is 14.7 Å². The molecule has 0 aromatic heterocycles. The molecule has 3 rings (SSSR count). The zero-order chi connectivity index (χ0) is 14.0. The first kappa shape index (κ1) is 13.8. The maximum absolute atomic E-state index is 13.5. The molecule has 0 amide bonds. The summed E-state index contributed by atoms with van der Waals surface area (Å²) in [5.41, 5.74) is -0.817. The predicted molar refractivity (Wildman–Crippen MR) is 75.3 cm³/mol. The van der Waals surface area contributed by atoms with Gasteiger partial charge in [0.15, 0.2) is 11.6 Å².